The summed E-state index contributed by atoms with van der Waals surface area (Å²) in [5, 5.41) is 10.8. The minimum Gasteiger partial charge on any atom is -1.00 e. The number of esters is 1. The first kappa shape index (κ1) is 14.5. The van der Waals surface area contributed by atoms with Crippen LogP contribution in [-0.4, -0.2) is 18.5 Å². The van der Waals surface area contributed by atoms with Crippen molar-refractivity contribution >= 4 is 11.9 Å². The van der Waals surface area contributed by atoms with Crippen LogP contribution in [0.5, 0.6) is 0 Å². The van der Waals surface area contributed by atoms with E-state index < -0.39 is 17.9 Å². The lowest BCUT2D eigenvalue weighted by molar-refractivity contribution is -0.307. The molecule has 0 spiro atoms. The molecule has 0 amide bonds. The summed E-state index contributed by atoms with van der Waals surface area (Å²) < 4.78 is 4.66. The Morgan fingerprint density at radius 1 is 1.31 bits per heavy atom. The van der Waals surface area contributed by atoms with Crippen molar-refractivity contribution in [3.05, 3.63) is 35.9 Å². The summed E-state index contributed by atoms with van der Waals surface area (Å²) in [5.74, 6) is -3.57. The highest BCUT2D eigenvalue weighted by atomic mass is 35.5. The quantitative estimate of drug-likeness (QED) is 0.419. The predicted octanol–water partition coefficient (Wildman–Crippen LogP) is -2.91. The lowest BCUT2D eigenvalue weighted by Gasteiger charge is -2.16. The molecule has 1 atom stereocenters. The zero-order chi connectivity index (χ0) is 11.3. The summed E-state index contributed by atoms with van der Waals surface area (Å²) in [6, 6.07) is 8.16. The first-order valence-electron chi connectivity index (χ1n) is 4.59. The van der Waals surface area contributed by atoms with E-state index in [0.717, 1.165) is 0 Å². The van der Waals surface area contributed by atoms with Crippen LogP contribution < -0.4 is 17.5 Å². The Morgan fingerprint density at radius 2 is 1.88 bits per heavy atom. The fourth-order valence-electron chi connectivity index (χ4n) is 1.24. The molecule has 88 valence electrons. The highest BCUT2D eigenvalue weighted by molar-refractivity contribution is 5.98. The molecule has 4 nitrogen and oxygen atoms in total. The first-order chi connectivity index (χ1) is 7.16. The van der Waals surface area contributed by atoms with Gasteiger partial charge in [0.2, 0.25) is 0 Å². The normalized spacial score (nSPS) is 11.1. The standard InChI is InChI=1S/C11H12O4.ClH/c1-2-15-11(14)9(10(12)13)8-6-4-3-5-7-8;/h3-7,9H,2H2,1H3,(H,12,13);1H/p-2. The van der Waals surface area contributed by atoms with Crippen LogP contribution in [0.25, 0.3) is 0 Å². The first-order valence-corrected chi connectivity index (χ1v) is 4.59. The molecule has 0 heterocycles. The average molecular weight is 243 g/mol. The van der Waals surface area contributed by atoms with Crippen molar-refractivity contribution < 1.29 is 31.8 Å². The molecular weight excluding hydrogens is 232 g/mol. The molecule has 0 aromatic heterocycles. The topological polar surface area (TPSA) is 66.4 Å². The van der Waals surface area contributed by atoms with E-state index in [4.69, 9.17) is 0 Å². The third-order valence-electron chi connectivity index (χ3n) is 1.89. The van der Waals surface area contributed by atoms with Gasteiger partial charge >= 0.3 is 5.97 Å². The van der Waals surface area contributed by atoms with Gasteiger partial charge in [-0.1, -0.05) is 30.3 Å². The maximum Gasteiger partial charge on any atom is 0.319 e. The van der Waals surface area contributed by atoms with Gasteiger partial charge in [0.25, 0.3) is 0 Å². The fraction of sp³-hybridized carbons (Fsp3) is 0.273. The summed E-state index contributed by atoms with van der Waals surface area (Å²) in [7, 11) is 0. The molecule has 1 aromatic rings. The number of carboxylic acid groups (broad SMARTS) is 1. The minimum atomic E-state index is -1.44. The number of aliphatic carboxylic acids is 1. The number of carboxylic acids is 1. The van der Waals surface area contributed by atoms with Gasteiger partial charge in [-0.3, -0.25) is 4.79 Å². The third kappa shape index (κ3) is 3.55. The molecule has 1 aromatic carbocycles. The summed E-state index contributed by atoms with van der Waals surface area (Å²) in [5.41, 5.74) is 0.371. The van der Waals surface area contributed by atoms with E-state index in [9.17, 15) is 14.7 Å². The van der Waals surface area contributed by atoms with Crippen LogP contribution >= 0.6 is 0 Å². The number of hydrogen-bond acceptors (Lipinski definition) is 4. The highest BCUT2D eigenvalue weighted by Gasteiger charge is 2.22. The van der Waals surface area contributed by atoms with Crippen LogP contribution in [0.3, 0.4) is 0 Å². The van der Waals surface area contributed by atoms with Gasteiger partial charge < -0.3 is 27.0 Å². The molecular formula is C11H11ClO4-2. The smallest absolute Gasteiger partial charge is 0.319 e. The summed E-state index contributed by atoms with van der Waals surface area (Å²) in [6.45, 7) is 1.77. The van der Waals surface area contributed by atoms with Crippen LogP contribution in [-0.2, 0) is 14.3 Å². The molecule has 0 bridgehead atoms. The van der Waals surface area contributed by atoms with Crippen molar-refractivity contribution in [2.45, 2.75) is 12.8 Å². The zero-order valence-electron chi connectivity index (χ0n) is 8.68. The van der Waals surface area contributed by atoms with Gasteiger partial charge in [-0.25, -0.2) is 0 Å². The van der Waals surface area contributed by atoms with E-state index in [0.29, 0.717) is 5.56 Å². The number of halogens is 1. The molecule has 0 N–H and O–H groups in total. The third-order valence-corrected chi connectivity index (χ3v) is 1.89. The second-order valence-corrected chi connectivity index (χ2v) is 2.91. The van der Waals surface area contributed by atoms with E-state index in [1.54, 1.807) is 37.3 Å². The van der Waals surface area contributed by atoms with E-state index >= 15 is 0 Å². The summed E-state index contributed by atoms with van der Waals surface area (Å²) in [4.78, 5) is 22.1. The maximum absolute atomic E-state index is 11.3. The second kappa shape index (κ2) is 6.85. The van der Waals surface area contributed by atoms with Gasteiger partial charge in [-0.05, 0) is 12.5 Å². The molecule has 16 heavy (non-hydrogen) atoms. The van der Waals surface area contributed by atoms with Crippen molar-refractivity contribution in [3.63, 3.8) is 0 Å². The average Bonchev–Trinajstić information content (AvgIpc) is 2.19. The number of carbonyl (C=O) groups is 2. The number of carbonyl (C=O) groups excluding carboxylic acids is 2. The zero-order valence-corrected chi connectivity index (χ0v) is 9.44. The SMILES string of the molecule is CCOC(=O)C(C(=O)[O-])c1ccccc1.[Cl-]. The Kier molecular flexibility index (Phi) is 6.18. The Morgan fingerprint density at radius 3 is 2.31 bits per heavy atom. The van der Waals surface area contributed by atoms with E-state index in [1.165, 1.54) is 0 Å². The maximum atomic E-state index is 11.3. The number of ether oxygens (including phenoxy) is 1. The molecule has 0 saturated carbocycles. The largest absolute Gasteiger partial charge is 1.00 e. The molecule has 0 saturated heterocycles. The molecule has 0 aliphatic carbocycles. The molecule has 0 fully saturated rings. The Balaban J connectivity index is 0.00000225. The van der Waals surface area contributed by atoms with E-state index in [1.807, 2.05) is 0 Å². The van der Waals surface area contributed by atoms with Crippen molar-refractivity contribution in [3.8, 4) is 0 Å². The van der Waals surface area contributed by atoms with Gasteiger partial charge in [0.15, 0.2) is 0 Å². The van der Waals surface area contributed by atoms with Gasteiger partial charge in [0.1, 0.15) is 5.92 Å². The predicted molar refractivity (Wildman–Crippen MR) is 50.8 cm³/mol. The highest BCUT2D eigenvalue weighted by Crippen LogP contribution is 2.16. The van der Waals surface area contributed by atoms with Crippen LogP contribution in [0, 0.1) is 0 Å². The van der Waals surface area contributed by atoms with E-state index in [-0.39, 0.29) is 19.0 Å². The molecule has 0 radical (unpaired) electrons. The van der Waals surface area contributed by atoms with Crippen LogP contribution in [0.4, 0.5) is 0 Å². The fourth-order valence-corrected chi connectivity index (χ4v) is 1.24. The van der Waals surface area contributed by atoms with Crippen LogP contribution in [0.1, 0.15) is 18.4 Å². The molecule has 1 unspecified atom stereocenters. The van der Waals surface area contributed by atoms with Crippen LogP contribution in [0.2, 0.25) is 0 Å². The number of benzene rings is 1. The number of hydrogen-bond donors (Lipinski definition) is 0. The molecule has 1 rings (SSSR count). The second-order valence-electron chi connectivity index (χ2n) is 2.91. The Hall–Kier alpha value is -1.55. The van der Waals surface area contributed by atoms with Gasteiger partial charge in [0.05, 0.1) is 12.6 Å². The molecule has 0 aliphatic rings. The summed E-state index contributed by atoms with van der Waals surface area (Å²) in [6.07, 6.45) is 0. The monoisotopic (exact) mass is 242 g/mol. The van der Waals surface area contributed by atoms with Crippen LogP contribution in [0.15, 0.2) is 30.3 Å². The van der Waals surface area contributed by atoms with Crippen molar-refractivity contribution in [2.24, 2.45) is 0 Å². The van der Waals surface area contributed by atoms with Gasteiger partial charge in [-0.15, -0.1) is 0 Å². The van der Waals surface area contributed by atoms with Crippen molar-refractivity contribution in [1.29, 1.82) is 0 Å². The number of rotatable bonds is 4. The van der Waals surface area contributed by atoms with Crippen molar-refractivity contribution in [2.75, 3.05) is 6.61 Å². The Labute approximate surface area is 99.6 Å². The summed E-state index contributed by atoms with van der Waals surface area (Å²) >= 11 is 0. The van der Waals surface area contributed by atoms with Crippen molar-refractivity contribution in [1.82, 2.24) is 0 Å². The van der Waals surface area contributed by atoms with E-state index in [2.05, 4.69) is 4.74 Å². The molecule has 5 heteroatoms. The van der Waals surface area contributed by atoms with Gasteiger partial charge in [-0.2, -0.15) is 0 Å². The Bertz CT molecular complexity index is 350. The minimum absolute atomic E-state index is 0. The lowest BCUT2D eigenvalue weighted by atomic mass is 10.00. The van der Waals surface area contributed by atoms with Gasteiger partial charge in [0, 0.05) is 0 Å². The lowest BCUT2D eigenvalue weighted by Crippen LogP contribution is -3.00. The molecule has 0 aliphatic heterocycles.